The van der Waals surface area contributed by atoms with Crippen molar-refractivity contribution in [3.8, 4) is 0 Å². The molecule has 0 aliphatic carbocycles. The molecule has 0 N–H and O–H groups in total. The van der Waals surface area contributed by atoms with Gasteiger partial charge in [-0.25, -0.2) is 0 Å². The van der Waals surface area contributed by atoms with Crippen LogP contribution in [0.3, 0.4) is 0 Å². The molecule has 0 saturated heterocycles. The Morgan fingerprint density at radius 2 is 1.55 bits per heavy atom. The third kappa shape index (κ3) is 3.70. The van der Waals surface area contributed by atoms with E-state index in [1.165, 1.54) is 12.1 Å². The van der Waals surface area contributed by atoms with Crippen LogP contribution in [0.15, 0.2) is 59.6 Å². The van der Waals surface area contributed by atoms with Gasteiger partial charge >= 0.3 is 6.18 Å². The van der Waals surface area contributed by atoms with Gasteiger partial charge in [0.1, 0.15) is 0 Å². The molecular weight excluding hydrogens is 263 g/mol. The van der Waals surface area contributed by atoms with Crippen LogP contribution in [0.5, 0.6) is 0 Å². The molecule has 20 heavy (non-hydrogen) atoms. The number of alkyl halides is 3. The Balaban J connectivity index is 2.08. The summed E-state index contributed by atoms with van der Waals surface area (Å²) in [6, 6.07) is 14.7. The molecule has 1 nitrogen and oxygen atoms in total. The number of nitrogens with zero attached hydrogens (tertiary/aromatic N) is 1. The minimum Gasteiger partial charge on any atom is -0.285 e. The first-order valence-corrected chi connectivity index (χ1v) is 6.22. The SMILES string of the molecule is CC(N=Cc1ccc(C(F)(F)F)cc1)c1ccccc1. The first-order chi connectivity index (χ1) is 9.47. The van der Waals surface area contributed by atoms with E-state index in [0.29, 0.717) is 5.56 Å². The molecule has 0 bridgehead atoms. The first kappa shape index (κ1) is 14.3. The second-order valence-corrected chi connectivity index (χ2v) is 4.48. The average Bonchev–Trinajstić information content (AvgIpc) is 2.45. The topological polar surface area (TPSA) is 12.4 Å². The maximum absolute atomic E-state index is 12.4. The van der Waals surface area contributed by atoms with Crippen molar-refractivity contribution in [2.75, 3.05) is 0 Å². The van der Waals surface area contributed by atoms with E-state index in [2.05, 4.69) is 4.99 Å². The molecule has 0 saturated carbocycles. The van der Waals surface area contributed by atoms with Crippen molar-refractivity contribution in [3.63, 3.8) is 0 Å². The number of hydrogen-bond acceptors (Lipinski definition) is 1. The Kier molecular flexibility index (Phi) is 4.23. The number of rotatable bonds is 3. The van der Waals surface area contributed by atoms with Crippen molar-refractivity contribution in [1.82, 2.24) is 0 Å². The summed E-state index contributed by atoms with van der Waals surface area (Å²) < 4.78 is 37.3. The average molecular weight is 277 g/mol. The molecule has 2 aromatic rings. The fraction of sp³-hybridized carbons (Fsp3) is 0.188. The second kappa shape index (κ2) is 5.90. The maximum Gasteiger partial charge on any atom is 0.416 e. The third-order valence-corrected chi connectivity index (χ3v) is 2.97. The zero-order valence-corrected chi connectivity index (χ0v) is 10.9. The normalized spacial score (nSPS) is 13.6. The molecule has 2 rings (SSSR count). The molecule has 0 heterocycles. The summed E-state index contributed by atoms with van der Waals surface area (Å²) >= 11 is 0. The lowest BCUT2D eigenvalue weighted by Crippen LogP contribution is -2.04. The van der Waals surface area contributed by atoms with Crippen LogP contribution in [0, 0.1) is 0 Å². The van der Waals surface area contributed by atoms with Crippen LogP contribution in [0.25, 0.3) is 0 Å². The van der Waals surface area contributed by atoms with Gasteiger partial charge in [0.25, 0.3) is 0 Å². The Morgan fingerprint density at radius 1 is 0.950 bits per heavy atom. The second-order valence-electron chi connectivity index (χ2n) is 4.48. The molecular formula is C16H14F3N. The standard InChI is InChI=1S/C16H14F3N/c1-12(14-5-3-2-4-6-14)20-11-13-7-9-15(10-8-13)16(17,18)19/h2-12H,1H3. The molecule has 2 aromatic carbocycles. The van der Waals surface area contributed by atoms with Gasteiger partial charge in [0, 0.05) is 6.21 Å². The Hall–Kier alpha value is -2.10. The summed E-state index contributed by atoms with van der Waals surface area (Å²) in [4.78, 5) is 4.35. The third-order valence-electron chi connectivity index (χ3n) is 2.97. The Bertz CT molecular complexity index is 571. The van der Waals surface area contributed by atoms with E-state index >= 15 is 0 Å². The molecule has 1 atom stereocenters. The van der Waals surface area contributed by atoms with Crippen LogP contribution >= 0.6 is 0 Å². The molecule has 0 radical (unpaired) electrons. The quantitative estimate of drug-likeness (QED) is 0.709. The van der Waals surface area contributed by atoms with Gasteiger partial charge in [-0.2, -0.15) is 13.2 Å². The van der Waals surface area contributed by atoms with E-state index in [-0.39, 0.29) is 6.04 Å². The van der Waals surface area contributed by atoms with E-state index in [4.69, 9.17) is 0 Å². The molecule has 104 valence electrons. The molecule has 0 aromatic heterocycles. The van der Waals surface area contributed by atoms with E-state index in [0.717, 1.165) is 17.7 Å². The lowest BCUT2D eigenvalue weighted by molar-refractivity contribution is -0.137. The van der Waals surface area contributed by atoms with Crippen LogP contribution in [-0.2, 0) is 6.18 Å². The van der Waals surface area contributed by atoms with E-state index in [1.54, 1.807) is 6.21 Å². The Morgan fingerprint density at radius 3 is 2.10 bits per heavy atom. The minimum absolute atomic E-state index is 0.0292. The zero-order valence-electron chi connectivity index (χ0n) is 10.9. The minimum atomic E-state index is -4.30. The van der Waals surface area contributed by atoms with E-state index in [9.17, 15) is 13.2 Å². The van der Waals surface area contributed by atoms with Gasteiger partial charge in [0.05, 0.1) is 11.6 Å². The van der Waals surface area contributed by atoms with Crippen LogP contribution in [0.1, 0.15) is 29.7 Å². The maximum atomic E-state index is 12.4. The van der Waals surface area contributed by atoms with Gasteiger partial charge in [-0.1, -0.05) is 42.5 Å². The molecule has 0 fully saturated rings. The lowest BCUT2D eigenvalue weighted by Gasteiger charge is -2.07. The summed E-state index contributed by atoms with van der Waals surface area (Å²) in [7, 11) is 0. The zero-order chi connectivity index (χ0) is 14.6. The highest BCUT2D eigenvalue weighted by molar-refractivity contribution is 5.79. The molecule has 4 heteroatoms. The number of halogens is 3. The van der Waals surface area contributed by atoms with Gasteiger partial charge in [-0.15, -0.1) is 0 Å². The van der Waals surface area contributed by atoms with Crippen LogP contribution in [0.4, 0.5) is 13.2 Å². The number of aliphatic imine (C=N–C) groups is 1. The largest absolute Gasteiger partial charge is 0.416 e. The summed E-state index contributed by atoms with van der Waals surface area (Å²) in [6.45, 7) is 1.94. The Labute approximate surface area is 115 Å². The van der Waals surface area contributed by atoms with Crippen LogP contribution in [0.2, 0.25) is 0 Å². The van der Waals surface area contributed by atoms with E-state index < -0.39 is 11.7 Å². The van der Waals surface area contributed by atoms with Gasteiger partial charge in [0.15, 0.2) is 0 Å². The number of hydrogen-bond donors (Lipinski definition) is 0. The van der Waals surface area contributed by atoms with Crippen molar-refractivity contribution in [2.45, 2.75) is 19.1 Å². The lowest BCUT2D eigenvalue weighted by atomic mass is 10.1. The highest BCUT2D eigenvalue weighted by Crippen LogP contribution is 2.28. The molecule has 0 aliphatic heterocycles. The fourth-order valence-electron chi connectivity index (χ4n) is 1.77. The molecule has 0 spiro atoms. The van der Waals surface area contributed by atoms with Gasteiger partial charge in [-0.05, 0) is 30.2 Å². The first-order valence-electron chi connectivity index (χ1n) is 6.22. The summed E-state index contributed by atoms with van der Waals surface area (Å²) in [5.41, 5.74) is 1.07. The summed E-state index contributed by atoms with van der Waals surface area (Å²) in [5.74, 6) is 0. The summed E-state index contributed by atoms with van der Waals surface area (Å²) in [5, 5.41) is 0. The highest BCUT2D eigenvalue weighted by Gasteiger charge is 2.29. The van der Waals surface area contributed by atoms with Crippen molar-refractivity contribution < 1.29 is 13.2 Å². The molecule has 1 unspecified atom stereocenters. The van der Waals surface area contributed by atoms with Crippen LogP contribution in [-0.4, -0.2) is 6.21 Å². The smallest absolute Gasteiger partial charge is 0.285 e. The predicted octanol–water partition coefficient (Wildman–Crippen LogP) is 4.89. The van der Waals surface area contributed by atoms with E-state index in [1.807, 2.05) is 37.3 Å². The van der Waals surface area contributed by atoms with Gasteiger partial charge in [-0.3, -0.25) is 4.99 Å². The van der Waals surface area contributed by atoms with Crippen LogP contribution < -0.4 is 0 Å². The highest BCUT2D eigenvalue weighted by atomic mass is 19.4. The predicted molar refractivity (Wildman–Crippen MR) is 73.9 cm³/mol. The monoisotopic (exact) mass is 277 g/mol. The van der Waals surface area contributed by atoms with Crippen molar-refractivity contribution >= 4 is 6.21 Å². The van der Waals surface area contributed by atoms with Gasteiger partial charge < -0.3 is 0 Å². The van der Waals surface area contributed by atoms with Crippen molar-refractivity contribution in [1.29, 1.82) is 0 Å². The number of benzene rings is 2. The molecule has 0 aliphatic rings. The molecule has 0 amide bonds. The summed E-state index contributed by atoms with van der Waals surface area (Å²) in [6.07, 6.45) is -2.70. The fourth-order valence-corrected chi connectivity index (χ4v) is 1.77. The van der Waals surface area contributed by atoms with Crippen molar-refractivity contribution in [2.24, 2.45) is 4.99 Å². The van der Waals surface area contributed by atoms with Crippen molar-refractivity contribution in [3.05, 3.63) is 71.3 Å². The van der Waals surface area contributed by atoms with Gasteiger partial charge in [0.2, 0.25) is 0 Å².